The van der Waals surface area contributed by atoms with E-state index < -0.39 is 6.04 Å². The Kier molecular flexibility index (Phi) is 5.86. The van der Waals surface area contributed by atoms with E-state index in [1.165, 1.54) is 24.3 Å². The molecule has 5 rings (SSSR count). The van der Waals surface area contributed by atoms with Crippen molar-refractivity contribution in [2.75, 3.05) is 0 Å². The maximum Gasteiger partial charge on any atom is 0.322 e. The number of benzene rings is 3. The van der Waals surface area contributed by atoms with Crippen molar-refractivity contribution in [3.05, 3.63) is 113 Å². The van der Waals surface area contributed by atoms with Gasteiger partial charge in [0.25, 0.3) is 5.89 Å². The summed E-state index contributed by atoms with van der Waals surface area (Å²) in [7, 11) is 0. The van der Waals surface area contributed by atoms with Crippen molar-refractivity contribution in [2.24, 2.45) is 0 Å². The molecule has 0 fully saturated rings. The van der Waals surface area contributed by atoms with Gasteiger partial charge in [-0.2, -0.15) is 4.98 Å². The van der Waals surface area contributed by atoms with E-state index in [-0.39, 0.29) is 30.1 Å². The molecule has 6 nitrogen and oxygen atoms in total. The van der Waals surface area contributed by atoms with Gasteiger partial charge in [-0.05, 0) is 49.2 Å². The van der Waals surface area contributed by atoms with Crippen LogP contribution in [-0.4, -0.2) is 21.1 Å². The Morgan fingerprint density at radius 1 is 0.914 bits per heavy atom. The summed E-state index contributed by atoms with van der Waals surface area (Å²) in [5.41, 5.74) is 4.54. The second kappa shape index (κ2) is 9.13. The third-order valence-electron chi connectivity index (χ3n) is 6.02. The summed E-state index contributed by atoms with van der Waals surface area (Å²) in [5.74, 6) is -0.0668. The molecule has 2 heterocycles. The molecule has 8 heteroatoms. The Hall–Kier alpha value is -4.33. The lowest BCUT2D eigenvalue weighted by Gasteiger charge is -2.35. The number of allylic oxidation sites excluding steroid dienone is 1. The van der Waals surface area contributed by atoms with E-state index in [2.05, 4.69) is 15.5 Å². The Morgan fingerprint density at radius 2 is 1.54 bits per heavy atom. The number of carbonyl (C=O) groups excluding carboxylic acids is 1. The topological polar surface area (TPSA) is 71.3 Å². The molecule has 2 amide bonds. The maximum atomic E-state index is 13.6. The molecule has 1 atom stereocenters. The Labute approximate surface area is 200 Å². The molecule has 4 aromatic rings. The fourth-order valence-electron chi connectivity index (χ4n) is 4.08. The van der Waals surface area contributed by atoms with Gasteiger partial charge >= 0.3 is 6.03 Å². The molecule has 1 aliphatic heterocycles. The van der Waals surface area contributed by atoms with Crippen LogP contribution in [0.4, 0.5) is 13.6 Å². The highest BCUT2D eigenvalue weighted by atomic mass is 19.1. The number of rotatable bonds is 5. The smallest absolute Gasteiger partial charge is 0.322 e. The number of nitrogens with one attached hydrogen (secondary N) is 1. The lowest BCUT2D eigenvalue weighted by Crippen LogP contribution is -2.45. The van der Waals surface area contributed by atoms with Crippen molar-refractivity contribution in [1.29, 1.82) is 0 Å². The summed E-state index contributed by atoms with van der Waals surface area (Å²) in [6, 6.07) is 18.6. The normalized spacial score (nSPS) is 15.9. The standard InChI is InChI=1S/C27H22F2N4O2/c1-16-3-7-20(8-4-16)25-31-26(35-32-25)23-17(2)33(15-18-5-11-21(28)12-6-18)27(34)30-24(23)19-9-13-22(29)14-10-19/h3-14,24H,15H2,1-2H3,(H,30,34). The molecular formula is C27H22F2N4O2. The van der Waals surface area contributed by atoms with Crippen LogP contribution < -0.4 is 5.32 Å². The average Bonchev–Trinajstić information content (AvgIpc) is 3.33. The van der Waals surface area contributed by atoms with Crippen LogP contribution >= 0.6 is 0 Å². The van der Waals surface area contributed by atoms with E-state index in [4.69, 9.17) is 4.52 Å². The number of hydrogen-bond donors (Lipinski definition) is 1. The number of hydrogen-bond acceptors (Lipinski definition) is 4. The molecule has 0 saturated carbocycles. The van der Waals surface area contributed by atoms with Crippen LogP contribution in [0.25, 0.3) is 17.0 Å². The second-order valence-electron chi connectivity index (χ2n) is 8.43. The van der Waals surface area contributed by atoms with E-state index >= 15 is 0 Å². The molecule has 176 valence electrons. The van der Waals surface area contributed by atoms with Gasteiger partial charge in [-0.15, -0.1) is 0 Å². The minimum Gasteiger partial charge on any atom is -0.334 e. The Balaban J connectivity index is 1.58. The predicted molar refractivity (Wildman–Crippen MR) is 127 cm³/mol. The zero-order chi connectivity index (χ0) is 24.5. The van der Waals surface area contributed by atoms with Gasteiger partial charge in [0, 0.05) is 11.3 Å². The van der Waals surface area contributed by atoms with E-state index in [1.54, 1.807) is 36.1 Å². The zero-order valence-corrected chi connectivity index (χ0v) is 19.1. The van der Waals surface area contributed by atoms with Gasteiger partial charge in [0.15, 0.2) is 0 Å². The predicted octanol–water partition coefficient (Wildman–Crippen LogP) is 6.02. The average molecular weight is 472 g/mol. The van der Waals surface area contributed by atoms with Crippen molar-refractivity contribution in [1.82, 2.24) is 20.4 Å². The van der Waals surface area contributed by atoms with Crippen LogP contribution in [0.5, 0.6) is 0 Å². The van der Waals surface area contributed by atoms with Gasteiger partial charge in [0.1, 0.15) is 11.6 Å². The largest absolute Gasteiger partial charge is 0.334 e. The third-order valence-corrected chi connectivity index (χ3v) is 6.02. The molecule has 0 saturated heterocycles. The number of nitrogens with zero attached hydrogens (tertiary/aromatic N) is 3. The quantitative estimate of drug-likeness (QED) is 0.386. The summed E-state index contributed by atoms with van der Waals surface area (Å²) in [5, 5.41) is 7.13. The van der Waals surface area contributed by atoms with Crippen LogP contribution in [0.1, 0.15) is 35.5 Å². The number of amides is 2. The number of urea groups is 1. The molecule has 1 aliphatic rings. The minimum atomic E-state index is -0.626. The number of aryl methyl sites for hydroxylation is 1. The van der Waals surface area contributed by atoms with Crippen LogP contribution in [0.2, 0.25) is 0 Å². The molecule has 0 spiro atoms. The minimum absolute atomic E-state index is 0.219. The number of halogens is 2. The zero-order valence-electron chi connectivity index (χ0n) is 19.1. The molecule has 3 aromatic carbocycles. The summed E-state index contributed by atoms with van der Waals surface area (Å²) in [6.07, 6.45) is 0. The first-order chi connectivity index (χ1) is 16.9. The summed E-state index contributed by atoms with van der Waals surface area (Å²) in [6.45, 7) is 4.01. The lowest BCUT2D eigenvalue weighted by atomic mass is 9.94. The van der Waals surface area contributed by atoms with Crippen molar-refractivity contribution < 1.29 is 18.1 Å². The highest BCUT2D eigenvalue weighted by Gasteiger charge is 2.35. The van der Waals surface area contributed by atoms with Crippen molar-refractivity contribution in [3.8, 4) is 11.4 Å². The molecule has 0 bridgehead atoms. The van der Waals surface area contributed by atoms with E-state index in [0.29, 0.717) is 22.7 Å². The Morgan fingerprint density at radius 3 is 2.20 bits per heavy atom. The molecule has 1 aromatic heterocycles. The first kappa shape index (κ1) is 22.5. The van der Waals surface area contributed by atoms with E-state index in [1.807, 2.05) is 31.2 Å². The van der Waals surface area contributed by atoms with Crippen LogP contribution in [0.3, 0.4) is 0 Å². The van der Waals surface area contributed by atoms with Crippen LogP contribution in [0, 0.1) is 18.6 Å². The molecular weight excluding hydrogens is 450 g/mol. The molecule has 0 aliphatic carbocycles. The van der Waals surface area contributed by atoms with Crippen LogP contribution in [0.15, 0.2) is 83.0 Å². The van der Waals surface area contributed by atoms with Gasteiger partial charge < -0.3 is 9.84 Å². The highest BCUT2D eigenvalue weighted by molar-refractivity contribution is 5.86. The fraction of sp³-hybridized carbons (Fsp3) is 0.148. The number of carbonyl (C=O) groups is 1. The lowest BCUT2D eigenvalue weighted by molar-refractivity contribution is 0.203. The van der Waals surface area contributed by atoms with Crippen LogP contribution in [-0.2, 0) is 6.54 Å². The van der Waals surface area contributed by atoms with Gasteiger partial charge in [0.05, 0.1) is 18.2 Å². The van der Waals surface area contributed by atoms with Crippen molar-refractivity contribution in [3.63, 3.8) is 0 Å². The monoisotopic (exact) mass is 472 g/mol. The third kappa shape index (κ3) is 4.55. The van der Waals surface area contributed by atoms with Gasteiger partial charge in [0.2, 0.25) is 5.82 Å². The number of aromatic nitrogens is 2. The van der Waals surface area contributed by atoms with Crippen molar-refractivity contribution >= 4 is 11.6 Å². The fourth-order valence-corrected chi connectivity index (χ4v) is 4.08. The maximum absolute atomic E-state index is 13.6. The highest BCUT2D eigenvalue weighted by Crippen LogP contribution is 2.38. The second-order valence-corrected chi connectivity index (χ2v) is 8.43. The summed E-state index contributed by atoms with van der Waals surface area (Å²) >= 11 is 0. The van der Waals surface area contributed by atoms with E-state index in [0.717, 1.165) is 16.7 Å². The summed E-state index contributed by atoms with van der Waals surface area (Å²) < 4.78 is 32.6. The van der Waals surface area contributed by atoms with Gasteiger partial charge in [-0.3, -0.25) is 4.90 Å². The Bertz CT molecular complexity index is 1390. The molecule has 1 N–H and O–H groups in total. The first-order valence-electron chi connectivity index (χ1n) is 11.1. The van der Waals surface area contributed by atoms with Crippen molar-refractivity contribution in [2.45, 2.75) is 26.4 Å². The van der Waals surface area contributed by atoms with Gasteiger partial charge in [-0.1, -0.05) is 59.3 Å². The van der Waals surface area contributed by atoms with Gasteiger partial charge in [-0.25, -0.2) is 13.6 Å². The molecule has 1 unspecified atom stereocenters. The first-order valence-corrected chi connectivity index (χ1v) is 11.1. The molecule has 35 heavy (non-hydrogen) atoms. The van der Waals surface area contributed by atoms with E-state index in [9.17, 15) is 13.6 Å². The molecule has 0 radical (unpaired) electrons. The summed E-state index contributed by atoms with van der Waals surface area (Å²) in [4.78, 5) is 19.3. The SMILES string of the molecule is CC1=C(c2nc(-c3ccc(C)cc3)no2)C(c2ccc(F)cc2)NC(=O)N1Cc1ccc(F)cc1.